The molecule has 8 nitrogen and oxygen atoms in total. The van der Waals surface area contributed by atoms with Gasteiger partial charge in [-0.3, -0.25) is 0 Å². The number of halogens is 3. The fourth-order valence-corrected chi connectivity index (χ4v) is 3.03. The smallest absolute Gasteiger partial charge is 0.508 e. The third kappa shape index (κ3) is 8.18. The van der Waals surface area contributed by atoms with Crippen molar-refractivity contribution in [3.63, 3.8) is 0 Å². The molecule has 190 valence electrons. The summed E-state index contributed by atoms with van der Waals surface area (Å²) in [6, 6.07) is 7.82. The van der Waals surface area contributed by atoms with Crippen LogP contribution < -0.4 is 4.18 Å². The van der Waals surface area contributed by atoms with E-state index in [1.807, 2.05) is 0 Å². The minimum absolute atomic E-state index is 0.00748. The summed E-state index contributed by atoms with van der Waals surface area (Å²) in [7, 11) is -3.33. The lowest BCUT2D eigenvalue weighted by molar-refractivity contribution is -0.0500. The molecule has 2 aromatic carbocycles. The second kappa shape index (κ2) is 12.6. The summed E-state index contributed by atoms with van der Waals surface area (Å²) in [6.07, 6.45) is 3.52. The predicted molar refractivity (Wildman–Crippen MR) is 121 cm³/mol. The van der Waals surface area contributed by atoms with Gasteiger partial charge in [-0.05, 0) is 54.8 Å². The molecule has 35 heavy (non-hydrogen) atoms. The number of hydrogen-bond acceptors (Lipinski definition) is 8. The zero-order valence-corrected chi connectivity index (χ0v) is 19.6. The van der Waals surface area contributed by atoms with Crippen LogP contribution in [0.5, 0.6) is 11.5 Å². The van der Waals surface area contributed by atoms with Crippen molar-refractivity contribution in [2.24, 2.45) is 0 Å². The van der Waals surface area contributed by atoms with E-state index >= 15 is 0 Å². The molecule has 12 heteroatoms. The van der Waals surface area contributed by atoms with E-state index < -0.39 is 33.3 Å². The quantitative estimate of drug-likeness (QED) is 0.239. The van der Waals surface area contributed by atoms with Crippen LogP contribution in [0.25, 0.3) is 0 Å². The van der Waals surface area contributed by atoms with Gasteiger partial charge in [0.1, 0.15) is 11.5 Å². The highest BCUT2D eigenvalue weighted by molar-refractivity contribution is 7.88. The lowest BCUT2D eigenvalue weighted by Gasteiger charge is -2.13. The minimum Gasteiger partial charge on any atom is -0.508 e. The summed E-state index contributed by atoms with van der Waals surface area (Å²) >= 11 is 0. The number of esters is 2. The van der Waals surface area contributed by atoms with Crippen molar-refractivity contribution < 1.29 is 49.9 Å². The highest BCUT2D eigenvalue weighted by Gasteiger charge is 2.48. The van der Waals surface area contributed by atoms with Gasteiger partial charge in [-0.15, -0.1) is 13.2 Å². The summed E-state index contributed by atoms with van der Waals surface area (Å²) in [4.78, 5) is 22.5. The van der Waals surface area contributed by atoms with Gasteiger partial charge in [0, 0.05) is 5.56 Å². The molecule has 0 atom stereocenters. The van der Waals surface area contributed by atoms with E-state index in [2.05, 4.69) is 26.8 Å². The number of phenolic OH excluding ortho intramolecular Hbond substituents is 1. The SMILES string of the molecule is C=CCc1cc(C(=O)OC)ccc1O.C=CCc1cc(C(=O)OC)ccc1OS(=O)(=O)C(F)(F)F. The van der Waals surface area contributed by atoms with Crippen molar-refractivity contribution in [1.82, 2.24) is 0 Å². The van der Waals surface area contributed by atoms with Crippen LogP contribution in [0.4, 0.5) is 13.2 Å². The summed E-state index contributed by atoms with van der Waals surface area (Å²) in [6.45, 7) is 6.96. The molecule has 0 aromatic heterocycles. The van der Waals surface area contributed by atoms with E-state index in [-0.39, 0.29) is 23.3 Å². The Hall–Kier alpha value is -3.80. The molecule has 0 heterocycles. The average molecular weight is 516 g/mol. The highest BCUT2D eigenvalue weighted by Crippen LogP contribution is 2.30. The number of hydrogen-bond donors (Lipinski definition) is 1. The zero-order chi connectivity index (χ0) is 26.8. The number of alkyl halides is 3. The van der Waals surface area contributed by atoms with Crippen LogP contribution in [0.3, 0.4) is 0 Å². The number of methoxy groups -OCH3 is 2. The number of ether oxygens (including phenoxy) is 2. The van der Waals surface area contributed by atoms with Crippen molar-refractivity contribution in [3.8, 4) is 11.5 Å². The molecule has 0 aliphatic rings. The first kappa shape index (κ1) is 29.2. The summed E-state index contributed by atoms with van der Waals surface area (Å²) < 4.78 is 71.9. The monoisotopic (exact) mass is 516 g/mol. The van der Waals surface area contributed by atoms with Gasteiger partial charge >= 0.3 is 27.6 Å². The molecule has 0 saturated carbocycles. The first-order chi connectivity index (χ1) is 16.3. The maximum atomic E-state index is 12.3. The third-order valence-corrected chi connectivity index (χ3v) is 5.16. The number of aromatic hydroxyl groups is 1. The Balaban J connectivity index is 0.000000379. The van der Waals surface area contributed by atoms with E-state index in [0.717, 1.165) is 19.2 Å². The van der Waals surface area contributed by atoms with Crippen LogP contribution in [0.1, 0.15) is 31.8 Å². The Morgan fingerprint density at radius 2 is 1.37 bits per heavy atom. The minimum atomic E-state index is -5.78. The van der Waals surface area contributed by atoms with Gasteiger partial charge in [-0.1, -0.05) is 12.2 Å². The summed E-state index contributed by atoms with van der Waals surface area (Å²) in [5, 5.41) is 9.42. The molecular formula is C23H23F3O8S. The summed E-state index contributed by atoms with van der Waals surface area (Å²) in [5.41, 5.74) is -4.34. The number of rotatable bonds is 8. The fraction of sp³-hybridized carbons (Fsp3) is 0.217. The van der Waals surface area contributed by atoms with Crippen molar-refractivity contribution >= 4 is 22.1 Å². The van der Waals surface area contributed by atoms with E-state index in [4.69, 9.17) is 0 Å². The van der Waals surface area contributed by atoms with Crippen LogP contribution in [-0.2, 0) is 32.4 Å². The van der Waals surface area contributed by atoms with E-state index in [1.54, 1.807) is 12.1 Å². The summed E-state index contributed by atoms with van der Waals surface area (Å²) in [5.74, 6) is -1.49. The van der Waals surface area contributed by atoms with Gasteiger partial charge in [0.25, 0.3) is 0 Å². The number of benzene rings is 2. The predicted octanol–water partition coefficient (Wildman–Crippen LogP) is 4.34. The first-order valence-corrected chi connectivity index (χ1v) is 11.1. The molecule has 0 aliphatic carbocycles. The Morgan fingerprint density at radius 3 is 1.83 bits per heavy atom. The Kier molecular flexibility index (Phi) is 10.5. The van der Waals surface area contributed by atoms with Gasteiger partial charge in [-0.2, -0.15) is 21.6 Å². The number of carbonyl (C=O) groups excluding carboxylic acids is 2. The van der Waals surface area contributed by atoms with Crippen LogP contribution in [0.2, 0.25) is 0 Å². The Labute approximate surface area is 200 Å². The maximum absolute atomic E-state index is 12.3. The van der Waals surface area contributed by atoms with Crippen molar-refractivity contribution in [3.05, 3.63) is 84.0 Å². The number of phenols is 1. The van der Waals surface area contributed by atoms with Crippen LogP contribution >= 0.6 is 0 Å². The van der Waals surface area contributed by atoms with Crippen molar-refractivity contribution in [1.29, 1.82) is 0 Å². The van der Waals surface area contributed by atoms with E-state index in [9.17, 15) is 36.3 Å². The standard InChI is InChI=1S/C12H11F3O5S.C11H12O3/c1-3-4-8-7-9(11(16)19-2)5-6-10(8)20-21(17,18)12(13,14)15;1-3-4-8-7-9(11(13)14-2)5-6-10(8)12/h3,5-7H,1,4H2,2H3;3,5-7,12H,1,4H2,2H3. The second-order valence-corrected chi connectivity index (χ2v) is 8.16. The van der Waals surface area contributed by atoms with Gasteiger partial charge in [-0.25, -0.2) is 9.59 Å². The molecule has 0 unspecified atom stereocenters. The molecule has 0 amide bonds. The molecular weight excluding hydrogens is 493 g/mol. The molecule has 0 spiro atoms. The van der Waals surface area contributed by atoms with E-state index in [1.165, 1.54) is 31.4 Å². The van der Waals surface area contributed by atoms with Gasteiger partial charge in [0.2, 0.25) is 0 Å². The van der Waals surface area contributed by atoms with Gasteiger partial charge in [0.15, 0.2) is 0 Å². The maximum Gasteiger partial charge on any atom is 0.534 e. The largest absolute Gasteiger partial charge is 0.534 e. The average Bonchev–Trinajstić information content (AvgIpc) is 2.80. The van der Waals surface area contributed by atoms with Gasteiger partial charge in [0.05, 0.1) is 25.3 Å². The van der Waals surface area contributed by atoms with Crippen LogP contribution in [0.15, 0.2) is 61.7 Å². The highest BCUT2D eigenvalue weighted by atomic mass is 32.2. The zero-order valence-electron chi connectivity index (χ0n) is 18.8. The van der Waals surface area contributed by atoms with Crippen LogP contribution in [0, 0.1) is 0 Å². The lowest BCUT2D eigenvalue weighted by Crippen LogP contribution is -2.28. The molecule has 2 rings (SSSR count). The first-order valence-electron chi connectivity index (χ1n) is 9.65. The topological polar surface area (TPSA) is 116 Å². The molecule has 0 saturated heterocycles. The Morgan fingerprint density at radius 1 is 0.914 bits per heavy atom. The fourth-order valence-electron chi connectivity index (χ4n) is 2.54. The number of carbonyl (C=O) groups is 2. The normalized spacial score (nSPS) is 10.9. The van der Waals surface area contributed by atoms with Crippen molar-refractivity contribution in [2.75, 3.05) is 14.2 Å². The number of allylic oxidation sites excluding steroid dienone is 2. The van der Waals surface area contributed by atoms with E-state index in [0.29, 0.717) is 17.5 Å². The molecule has 0 bridgehead atoms. The van der Waals surface area contributed by atoms with Crippen molar-refractivity contribution in [2.45, 2.75) is 18.3 Å². The third-order valence-electron chi connectivity index (χ3n) is 4.19. The Bertz CT molecular complexity index is 1190. The molecule has 0 radical (unpaired) electrons. The second-order valence-electron chi connectivity index (χ2n) is 6.62. The molecule has 0 fully saturated rings. The molecule has 1 N–H and O–H groups in total. The molecule has 2 aromatic rings. The lowest BCUT2D eigenvalue weighted by atomic mass is 10.1. The van der Waals surface area contributed by atoms with Crippen LogP contribution in [-0.4, -0.2) is 45.2 Å². The molecule has 0 aliphatic heterocycles. The van der Waals surface area contributed by atoms with Gasteiger partial charge < -0.3 is 18.8 Å².